The van der Waals surface area contributed by atoms with Crippen molar-refractivity contribution in [2.24, 2.45) is 0 Å². The summed E-state index contributed by atoms with van der Waals surface area (Å²) >= 11 is 0. The first-order valence-electron chi connectivity index (χ1n) is 16.6. The summed E-state index contributed by atoms with van der Waals surface area (Å²) < 4.78 is 6.13. The van der Waals surface area contributed by atoms with Gasteiger partial charge >= 0.3 is 0 Å². The molecule has 8 aromatic rings. The second-order valence-electron chi connectivity index (χ2n) is 13.2. The van der Waals surface area contributed by atoms with E-state index in [1.165, 1.54) is 27.8 Å². The molecular formula is C45H37IrN3O-2. The van der Waals surface area contributed by atoms with Crippen LogP contribution < -0.4 is 0 Å². The van der Waals surface area contributed by atoms with Gasteiger partial charge in [0.1, 0.15) is 0 Å². The summed E-state index contributed by atoms with van der Waals surface area (Å²) in [5, 5.41) is 2.06. The van der Waals surface area contributed by atoms with Crippen molar-refractivity contribution in [1.29, 1.82) is 0 Å². The Kier molecular flexibility index (Phi) is 10.5. The molecule has 0 N–H and O–H groups in total. The van der Waals surface area contributed by atoms with Crippen LogP contribution in [0.2, 0.25) is 0 Å². The molecule has 4 heterocycles. The number of aromatic nitrogens is 3. The molecule has 0 fully saturated rings. The number of pyridine rings is 3. The van der Waals surface area contributed by atoms with E-state index >= 15 is 0 Å². The van der Waals surface area contributed by atoms with Gasteiger partial charge in [0.25, 0.3) is 0 Å². The van der Waals surface area contributed by atoms with Crippen LogP contribution in [-0.2, 0) is 31.9 Å². The molecule has 5 heteroatoms. The largest absolute Gasteiger partial charge is 0.486 e. The molecule has 0 atom stereocenters. The second kappa shape index (κ2) is 15.1. The number of fused-ring (bicyclic) bond motifs is 3. The Morgan fingerprint density at radius 1 is 0.720 bits per heavy atom. The Morgan fingerprint density at radius 2 is 1.48 bits per heavy atom. The predicted octanol–water partition coefficient (Wildman–Crippen LogP) is 11.3. The average Bonchev–Trinajstić information content (AvgIpc) is 3.51. The smallest absolute Gasteiger partial charge is 0.216 e. The van der Waals surface area contributed by atoms with Crippen LogP contribution in [0.15, 0.2) is 144 Å². The van der Waals surface area contributed by atoms with Gasteiger partial charge in [0.15, 0.2) is 0 Å². The fraction of sp³-hybridized carbons (Fsp3) is 0.133. The fourth-order valence-corrected chi connectivity index (χ4v) is 5.90. The van der Waals surface area contributed by atoms with Gasteiger partial charge in [0, 0.05) is 50.0 Å². The number of hydrogen-bond donors (Lipinski definition) is 0. The van der Waals surface area contributed by atoms with Gasteiger partial charge in [-0.2, -0.15) is 0 Å². The Balaban J connectivity index is 0.000000171. The topological polar surface area (TPSA) is 51.8 Å². The van der Waals surface area contributed by atoms with E-state index in [4.69, 9.17) is 9.40 Å². The monoisotopic (exact) mass is 828 g/mol. The molecule has 8 rings (SSSR count). The van der Waals surface area contributed by atoms with Crippen molar-refractivity contribution in [2.45, 2.75) is 39.5 Å². The van der Waals surface area contributed by atoms with Crippen molar-refractivity contribution in [2.75, 3.05) is 0 Å². The molecule has 249 valence electrons. The summed E-state index contributed by atoms with van der Waals surface area (Å²) in [6, 6.07) is 49.8. The van der Waals surface area contributed by atoms with Crippen molar-refractivity contribution in [3.63, 3.8) is 0 Å². The minimum absolute atomic E-state index is 0. The van der Waals surface area contributed by atoms with E-state index in [1.807, 2.05) is 60.8 Å². The molecule has 0 saturated heterocycles. The van der Waals surface area contributed by atoms with Crippen LogP contribution in [0.4, 0.5) is 0 Å². The predicted molar refractivity (Wildman–Crippen MR) is 200 cm³/mol. The first-order chi connectivity index (χ1) is 23.8. The van der Waals surface area contributed by atoms with Crippen LogP contribution >= 0.6 is 0 Å². The van der Waals surface area contributed by atoms with Gasteiger partial charge in [-0.1, -0.05) is 129 Å². The maximum atomic E-state index is 6.13. The van der Waals surface area contributed by atoms with Crippen LogP contribution in [0.1, 0.15) is 43.2 Å². The van der Waals surface area contributed by atoms with Crippen molar-refractivity contribution < 1.29 is 24.5 Å². The van der Waals surface area contributed by atoms with Gasteiger partial charge in [0.05, 0.1) is 5.58 Å². The van der Waals surface area contributed by atoms with Crippen LogP contribution in [-0.4, -0.2) is 15.0 Å². The quantitative estimate of drug-likeness (QED) is 0.162. The molecule has 4 aromatic carbocycles. The minimum atomic E-state index is 0. The number of rotatable bonds is 5. The van der Waals surface area contributed by atoms with Crippen molar-refractivity contribution >= 4 is 22.1 Å². The number of aryl methyl sites for hydroxylation is 1. The van der Waals surface area contributed by atoms with Gasteiger partial charge in [-0.15, -0.1) is 47.5 Å². The van der Waals surface area contributed by atoms with Crippen molar-refractivity contribution in [3.05, 3.63) is 174 Å². The average molecular weight is 828 g/mol. The standard InChI is InChI=1S/C23H15N2O.C22H22N.Ir/c1-2-7-16(8-3-1)15-17-12-13-19-18-9-6-10-20(21-11-4-5-14-24-21)22(18)26-23(19)25-17;1-16-10-11-18(14-20(16)17-8-6-5-7-9-17)21-13-12-19(15-23-21)22(2,3)4;/h1-9,11-14H,15H2;5-10,12-15H,1-4H3;/q2*-1;. The molecule has 0 spiro atoms. The van der Waals surface area contributed by atoms with Gasteiger partial charge in [-0.05, 0) is 51.7 Å². The van der Waals surface area contributed by atoms with Crippen LogP contribution in [0, 0.1) is 19.1 Å². The molecule has 1 radical (unpaired) electrons. The molecule has 0 bridgehead atoms. The zero-order chi connectivity index (χ0) is 33.8. The Labute approximate surface area is 307 Å². The minimum Gasteiger partial charge on any atom is -0.486 e. The zero-order valence-corrected chi connectivity index (χ0v) is 31.0. The molecule has 4 aromatic heterocycles. The van der Waals surface area contributed by atoms with E-state index < -0.39 is 0 Å². The summed E-state index contributed by atoms with van der Waals surface area (Å²) in [7, 11) is 0. The summed E-state index contributed by atoms with van der Waals surface area (Å²) in [4.78, 5) is 13.8. The van der Waals surface area contributed by atoms with Gasteiger partial charge in [-0.25, -0.2) is 4.98 Å². The van der Waals surface area contributed by atoms with Gasteiger partial charge in [0.2, 0.25) is 5.71 Å². The first-order valence-corrected chi connectivity index (χ1v) is 16.6. The van der Waals surface area contributed by atoms with E-state index in [1.54, 1.807) is 6.20 Å². The molecule has 4 nitrogen and oxygen atoms in total. The number of benzene rings is 4. The normalized spacial score (nSPS) is 11.1. The van der Waals surface area contributed by atoms with Crippen LogP contribution in [0.25, 0.3) is 55.7 Å². The fourth-order valence-electron chi connectivity index (χ4n) is 5.90. The molecule has 0 aliphatic heterocycles. The number of nitrogens with zero attached hydrogens (tertiary/aromatic N) is 3. The Bertz CT molecular complexity index is 2330. The van der Waals surface area contributed by atoms with Gasteiger partial charge < -0.3 is 14.4 Å². The third-order valence-electron chi connectivity index (χ3n) is 8.65. The maximum Gasteiger partial charge on any atom is 0.216 e. The van der Waals surface area contributed by atoms with E-state index in [0.717, 1.165) is 51.0 Å². The van der Waals surface area contributed by atoms with E-state index in [2.05, 4.69) is 123 Å². The molecule has 0 aliphatic carbocycles. The summed E-state index contributed by atoms with van der Waals surface area (Å²) in [5.41, 5.74) is 12.4. The first kappa shape index (κ1) is 34.6. The maximum absolute atomic E-state index is 6.13. The second-order valence-corrected chi connectivity index (χ2v) is 13.2. The summed E-state index contributed by atoms with van der Waals surface area (Å²) in [6.07, 6.45) is 4.54. The van der Waals surface area contributed by atoms with Crippen LogP contribution in [0.3, 0.4) is 0 Å². The SMILES string of the molecule is Cc1c[c-]c(-c2ccc(C(C)(C)C)cn2)cc1-c1ccccc1.[Ir].[c-]1ccc2c(oc3nc(Cc4ccccc4)ccc32)c1-c1ccccn1. The molecule has 0 unspecified atom stereocenters. The van der Waals surface area contributed by atoms with E-state index in [0.29, 0.717) is 5.71 Å². The van der Waals surface area contributed by atoms with E-state index in [-0.39, 0.29) is 25.5 Å². The number of furan rings is 1. The Hall–Kier alpha value is -5.22. The summed E-state index contributed by atoms with van der Waals surface area (Å²) in [6.45, 7) is 8.73. The molecule has 0 amide bonds. The third-order valence-corrected chi connectivity index (χ3v) is 8.65. The Morgan fingerprint density at radius 3 is 2.18 bits per heavy atom. The third kappa shape index (κ3) is 7.65. The number of hydrogen-bond acceptors (Lipinski definition) is 4. The van der Waals surface area contributed by atoms with E-state index in [9.17, 15) is 0 Å². The summed E-state index contributed by atoms with van der Waals surface area (Å²) in [5.74, 6) is 0. The van der Waals surface area contributed by atoms with Crippen molar-refractivity contribution in [3.8, 4) is 33.6 Å². The molecular weight excluding hydrogens is 791 g/mol. The van der Waals surface area contributed by atoms with Gasteiger partial charge in [-0.3, -0.25) is 0 Å². The zero-order valence-electron chi connectivity index (χ0n) is 28.6. The molecule has 0 saturated carbocycles. The van der Waals surface area contributed by atoms with Crippen LogP contribution in [0.5, 0.6) is 0 Å². The molecule has 0 aliphatic rings. The van der Waals surface area contributed by atoms with Crippen molar-refractivity contribution in [1.82, 2.24) is 15.0 Å². The molecule has 50 heavy (non-hydrogen) atoms.